The normalized spacial score (nSPS) is 10.7. The molecule has 1 N–H and O–H groups in total. The standard InChI is InChI=1S/C17H20N2O2S/c1-12(2)15-11-18-17(22-15)19-16(21)10-6-9-14(20)13-7-4-3-5-8-13/h3-5,7-8,11-12H,6,9-10H2,1-2H3,(H,18,19,21). The Bertz CT molecular complexity index is 635. The summed E-state index contributed by atoms with van der Waals surface area (Å²) in [5, 5.41) is 3.42. The van der Waals surface area contributed by atoms with Crippen LogP contribution in [0.1, 0.15) is 54.3 Å². The lowest BCUT2D eigenvalue weighted by atomic mass is 10.1. The van der Waals surface area contributed by atoms with Gasteiger partial charge in [0.25, 0.3) is 0 Å². The molecule has 0 saturated heterocycles. The number of ketones is 1. The summed E-state index contributed by atoms with van der Waals surface area (Å²) < 4.78 is 0. The fourth-order valence-corrected chi connectivity index (χ4v) is 2.81. The number of benzene rings is 1. The summed E-state index contributed by atoms with van der Waals surface area (Å²) in [5.41, 5.74) is 0.699. The van der Waals surface area contributed by atoms with E-state index >= 15 is 0 Å². The molecular formula is C17H20N2O2S. The van der Waals surface area contributed by atoms with Crippen LogP contribution in [0.25, 0.3) is 0 Å². The van der Waals surface area contributed by atoms with E-state index in [4.69, 9.17) is 0 Å². The third kappa shape index (κ3) is 4.77. The van der Waals surface area contributed by atoms with E-state index in [2.05, 4.69) is 24.1 Å². The van der Waals surface area contributed by atoms with Crippen LogP contribution in [0.15, 0.2) is 36.5 Å². The van der Waals surface area contributed by atoms with Crippen LogP contribution in [0.3, 0.4) is 0 Å². The minimum absolute atomic E-state index is 0.0738. The Morgan fingerprint density at radius 2 is 1.91 bits per heavy atom. The quantitative estimate of drug-likeness (QED) is 0.776. The van der Waals surface area contributed by atoms with Crippen LogP contribution >= 0.6 is 11.3 Å². The van der Waals surface area contributed by atoms with Gasteiger partial charge in [0, 0.05) is 29.5 Å². The Morgan fingerprint density at radius 3 is 2.55 bits per heavy atom. The van der Waals surface area contributed by atoms with Crippen molar-refractivity contribution >= 4 is 28.2 Å². The SMILES string of the molecule is CC(C)c1cnc(NC(=O)CCCC(=O)c2ccccc2)s1. The smallest absolute Gasteiger partial charge is 0.226 e. The zero-order valence-corrected chi connectivity index (χ0v) is 13.7. The van der Waals surface area contributed by atoms with Crippen molar-refractivity contribution in [3.63, 3.8) is 0 Å². The molecule has 1 heterocycles. The summed E-state index contributed by atoms with van der Waals surface area (Å²) >= 11 is 1.50. The first-order valence-corrected chi connectivity index (χ1v) is 8.21. The molecule has 0 aliphatic carbocycles. The topological polar surface area (TPSA) is 59.1 Å². The second-order valence-corrected chi connectivity index (χ2v) is 6.48. The van der Waals surface area contributed by atoms with Crippen LogP contribution in [0.5, 0.6) is 0 Å². The molecule has 0 spiro atoms. The highest BCUT2D eigenvalue weighted by molar-refractivity contribution is 7.15. The lowest BCUT2D eigenvalue weighted by Crippen LogP contribution is -2.11. The van der Waals surface area contributed by atoms with Crippen molar-refractivity contribution in [2.75, 3.05) is 5.32 Å². The molecule has 0 fully saturated rings. The second kappa shape index (κ2) is 7.84. The number of aromatic nitrogens is 1. The number of thiazole rings is 1. The Balaban J connectivity index is 1.74. The maximum atomic E-state index is 11.9. The highest BCUT2D eigenvalue weighted by Gasteiger charge is 2.10. The zero-order valence-electron chi connectivity index (χ0n) is 12.8. The van der Waals surface area contributed by atoms with Gasteiger partial charge in [-0.15, -0.1) is 11.3 Å². The Labute approximate surface area is 134 Å². The van der Waals surface area contributed by atoms with Crippen LogP contribution in [-0.4, -0.2) is 16.7 Å². The fraction of sp³-hybridized carbons (Fsp3) is 0.353. The summed E-state index contributed by atoms with van der Waals surface area (Å²) in [6, 6.07) is 9.16. The van der Waals surface area contributed by atoms with Crippen molar-refractivity contribution in [1.82, 2.24) is 4.98 Å². The van der Waals surface area contributed by atoms with Gasteiger partial charge in [-0.3, -0.25) is 9.59 Å². The first kappa shape index (κ1) is 16.4. The molecule has 0 atom stereocenters. The summed E-state index contributed by atoms with van der Waals surface area (Å²) in [7, 11) is 0. The van der Waals surface area contributed by atoms with E-state index in [0.717, 1.165) is 4.88 Å². The van der Waals surface area contributed by atoms with Crippen molar-refractivity contribution in [2.24, 2.45) is 0 Å². The molecule has 1 aromatic heterocycles. The average Bonchev–Trinajstić information content (AvgIpc) is 2.96. The summed E-state index contributed by atoms with van der Waals surface area (Å²) in [6.45, 7) is 4.18. The highest BCUT2D eigenvalue weighted by Crippen LogP contribution is 2.25. The summed E-state index contributed by atoms with van der Waals surface area (Å²) in [6.07, 6.45) is 3.05. The van der Waals surface area contributed by atoms with Crippen molar-refractivity contribution in [2.45, 2.75) is 39.0 Å². The molecular weight excluding hydrogens is 296 g/mol. The van der Waals surface area contributed by atoms with Gasteiger partial charge in [0.05, 0.1) is 0 Å². The number of amides is 1. The number of carbonyl (C=O) groups excluding carboxylic acids is 2. The van der Waals surface area contributed by atoms with E-state index in [-0.39, 0.29) is 11.7 Å². The van der Waals surface area contributed by atoms with Crippen LogP contribution in [0, 0.1) is 0 Å². The van der Waals surface area contributed by atoms with Gasteiger partial charge in [-0.05, 0) is 12.3 Å². The van der Waals surface area contributed by atoms with Gasteiger partial charge in [-0.1, -0.05) is 44.2 Å². The lowest BCUT2D eigenvalue weighted by molar-refractivity contribution is -0.116. The van der Waals surface area contributed by atoms with E-state index in [1.165, 1.54) is 11.3 Å². The number of rotatable bonds is 7. The molecule has 2 aromatic rings. The van der Waals surface area contributed by atoms with Crippen molar-refractivity contribution in [3.8, 4) is 0 Å². The summed E-state index contributed by atoms with van der Waals surface area (Å²) in [5.74, 6) is 0.391. The lowest BCUT2D eigenvalue weighted by Gasteiger charge is -2.02. The first-order chi connectivity index (χ1) is 10.6. The Morgan fingerprint density at radius 1 is 1.18 bits per heavy atom. The maximum Gasteiger partial charge on any atom is 0.226 e. The Kier molecular flexibility index (Phi) is 5.83. The molecule has 0 unspecified atom stereocenters. The first-order valence-electron chi connectivity index (χ1n) is 7.40. The largest absolute Gasteiger partial charge is 0.302 e. The van der Waals surface area contributed by atoms with Crippen LogP contribution < -0.4 is 5.32 Å². The second-order valence-electron chi connectivity index (χ2n) is 5.41. The molecule has 1 amide bonds. The van der Waals surface area contributed by atoms with Crippen LogP contribution in [0.2, 0.25) is 0 Å². The maximum absolute atomic E-state index is 11.9. The molecule has 4 nitrogen and oxygen atoms in total. The number of carbonyl (C=O) groups is 2. The molecule has 0 aliphatic rings. The number of Topliss-reactive ketones (excluding diaryl/α,β-unsaturated/α-hetero) is 1. The van der Waals surface area contributed by atoms with E-state index in [0.29, 0.717) is 35.9 Å². The van der Waals surface area contributed by atoms with E-state index in [1.807, 2.05) is 18.2 Å². The minimum atomic E-state index is -0.0921. The van der Waals surface area contributed by atoms with Gasteiger partial charge in [0.1, 0.15) is 0 Å². The molecule has 22 heavy (non-hydrogen) atoms. The molecule has 0 radical (unpaired) electrons. The van der Waals surface area contributed by atoms with Crippen molar-refractivity contribution in [3.05, 3.63) is 47.0 Å². The third-order valence-corrected chi connectivity index (χ3v) is 4.46. The van der Waals surface area contributed by atoms with E-state index in [9.17, 15) is 9.59 Å². The van der Waals surface area contributed by atoms with Gasteiger partial charge in [0.2, 0.25) is 5.91 Å². The molecule has 0 saturated carbocycles. The van der Waals surface area contributed by atoms with Gasteiger partial charge in [-0.25, -0.2) is 4.98 Å². The average molecular weight is 316 g/mol. The number of anilines is 1. The van der Waals surface area contributed by atoms with Crippen molar-refractivity contribution in [1.29, 1.82) is 0 Å². The third-order valence-electron chi connectivity index (χ3n) is 3.24. The molecule has 0 bridgehead atoms. The molecule has 0 aliphatic heterocycles. The number of nitrogens with zero attached hydrogens (tertiary/aromatic N) is 1. The van der Waals surface area contributed by atoms with Gasteiger partial charge >= 0.3 is 0 Å². The summed E-state index contributed by atoms with van der Waals surface area (Å²) in [4.78, 5) is 29.1. The predicted octanol–water partition coefficient (Wildman–Crippen LogP) is 4.26. The fourth-order valence-electron chi connectivity index (χ4n) is 1.97. The monoisotopic (exact) mass is 316 g/mol. The molecule has 116 valence electrons. The number of hydrogen-bond acceptors (Lipinski definition) is 4. The minimum Gasteiger partial charge on any atom is -0.302 e. The van der Waals surface area contributed by atoms with Crippen LogP contribution in [0.4, 0.5) is 5.13 Å². The van der Waals surface area contributed by atoms with Gasteiger partial charge < -0.3 is 5.32 Å². The van der Waals surface area contributed by atoms with Crippen molar-refractivity contribution < 1.29 is 9.59 Å². The van der Waals surface area contributed by atoms with Gasteiger partial charge in [-0.2, -0.15) is 0 Å². The predicted molar refractivity (Wildman–Crippen MR) is 89.5 cm³/mol. The van der Waals surface area contributed by atoms with E-state index in [1.54, 1.807) is 18.3 Å². The molecule has 1 aromatic carbocycles. The van der Waals surface area contributed by atoms with Gasteiger partial charge in [0.15, 0.2) is 10.9 Å². The number of hydrogen-bond donors (Lipinski definition) is 1. The molecule has 2 rings (SSSR count). The van der Waals surface area contributed by atoms with Crippen LogP contribution in [-0.2, 0) is 4.79 Å². The zero-order chi connectivity index (χ0) is 15.9. The number of nitrogens with one attached hydrogen (secondary N) is 1. The van der Waals surface area contributed by atoms with E-state index < -0.39 is 0 Å². The Hall–Kier alpha value is -2.01. The highest BCUT2D eigenvalue weighted by atomic mass is 32.1. The molecule has 5 heteroatoms.